The third-order valence-electron chi connectivity index (χ3n) is 4.27. The van der Waals surface area contributed by atoms with Crippen molar-refractivity contribution in [1.82, 2.24) is 14.5 Å². The van der Waals surface area contributed by atoms with E-state index in [0.717, 1.165) is 0 Å². The van der Waals surface area contributed by atoms with Gasteiger partial charge in [-0.25, -0.2) is 4.57 Å². The van der Waals surface area contributed by atoms with Crippen molar-refractivity contribution >= 4 is 24.8 Å². The third kappa shape index (κ3) is 4.06. The lowest BCUT2D eigenvalue weighted by molar-refractivity contribution is -0.0627. The summed E-state index contributed by atoms with van der Waals surface area (Å²) in [7, 11) is -4.75. The second-order valence-electron chi connectivity index (χ2n) is 7.00. The molecule has 1 aliphatic heterocycles. The van der Waals surface area contributed by atoms with Crippen LogP contribution in [-0.2, 0) is 13.8 Å². The van der Waals surface area contributed by atoms with E-state index < -0.39 is 43.5 Å². The lowest BCUT2D eigenvalue weighted by atomic mass is 9.97. The van der Waals surface area contributed by atoms with Gasteiger partial charge >= 0.3 is 7.82 Å². The van der Waals surface area contributed by atoms with Gasteiger partial charge < -0.3 is 35.0 Å². The molecule has 0 saturated carbocycles. The van der Waals surface area contributed by atoms with E-state index in [1.165, 1.54) is 30.7 Å². The van der Waals surface area contributed by atoms with Gasteiger partial charge in [0.15, 0.2) is 11.9 Å². The number of aromatic amines is 1. The monoisotopic (exact) mass is 404 g/mol. The molecule has 1 aliphatic rings. The molecule has 4 atom stereocenters. The Hall–Kier alpha value is -1.79. The number of hydrogen-bond donors (Lipinski definition) is 6. The van der Waals surface area contributed by atoms with Gasteiger partial charge in [0.05, 0.1) is 17.1 Å². The first-order valence-corrected chi connectivity index (χ1v) is 9.55. The maximum absolute atomic E-state index is 11.9. The van der Waals surface area contributed by atoms with E-state index in [9.17, 15) is 19.6 Å². The first-order valence-electron chi connectivity index (χ1n) is 8.02. The van der Waals surface area contributed by atoms with Crippen molar-refractivity contribution in [2.45, 2.75) is 50.4 Å². The molecule has 0 aliphatic carbocycles. The molecule has 3 heterocycles. The summed E-state index contributed by atoms with van der Waals surface area (Å²) in [4.78, 5) is 36.3. The van der Waals surface area contributed by atoms with Gasteiger partial charge in [-0.1, -0.05) is 0 Å². The lowest BCUT2D eigenvalue weighted by Crippen LogP contribution is -2.37. The van der Waals surface area contributed by atoms with Crippen molar-refractivity contribution in [3.8, 4) is 0 Å². The van der Waals surface area contributed by atoms with Gasteiger partial charge in [-0.05, 0) is 19.9 Å². The summed E-state index contributed by atoms with van der Waals surface area (Å²) < 4.78 is 22.9. The molecule has 1 saturated heterocycles. The topological polar surface area (TPSA) is 193 Å². The second-order valence-corrected chi connectivity index (χ2v) is 8.17. The number of nitrogen functional groups attached to an aromatic ring is 1. The Morgan fingerprint density at radius 2 is 2.07 bits per heavy atom. The molecule has 0 radical (unpaired) electrons. The minimum absolute atomic E-state index is 0.109. The molecule has 7 N–H and O–H groups in total. The number of fused-ring (bicyclic) bond motifs is 1. The van der Waals surface area contributed by atoms with E-state index in [1.807, 2.05) is 0 Å². The summed E-state index contributed by atoms with van der Waals surface area (Å²) in [5.41, 5.74) is 3.93. The number of aliphatic hydroxyl groups excluding tert-OH is 2. The van der Waals surface area contributed by atoms with Crippen molar-refractivity contribution in [1.29, 1.82) is 0 Å². The van der Waals surface area contributed by atoms with Gasteiger partial charge in [-0.3, -0.25) is 14.3 Å². The second kappa shape index (κ2) is 6.67. The van der Waals surface area contributed by atoms with Crippen LogP contribution in [0.5, 0.6) is 0 Å². The van der Waals surface area contributed by atoms with E-state index >= 15 is 0 Å². The number of phosphoric acid groups is 1. The first kappa shape index (κ1) is 20.0. The van der Waals surface area contributed by atoms with Gasteiger partial charge in [-0.2, -0.15) is 4.98 Å². The van der Waals surface area contributed by atoms with Crippen molar-refractivity contribution in [3.63, 3.8) is 0 Å². The van der Waals surface area contributed by atoms with E-state index in [0.29, 0.717) is 0 Å². The van der Waals surface area contributed by atoms with Crippen LogP contribution in [-0.4, -0.2) is 58.4 Å². The van der Waals surface area contributed by atoms with Crippen molar-refractivity contribution in [2.24, 2.45) is 0 Å². The van der Waals surface area contributed by atoms with Gasteiger partial charge in [0, 0.05) is 12.6 Å². The Balaban J connectivity index is 1.88. The van der Waals surface area contributed by atoms with E-state index in [1.54, 1.807) is 0 Å². The number of anilines is 1. The van der Waals surface area contributed by atoms with Crippen LogP contribution < -0.4 is 11.3 Å². The molecule has 0 amide bonds. The lowest BCUT2D eigenvalue weighted by Gasteiger charge is -2.29. The SMILES string of the molecule is CC(C)(C[C@H]1O[C@@H](n2ccc3c(=O)[nH]c(N)nc32)[C@H](O)[C@@H]1O)OP(=O)(O)O. The zero-order valence-electron chi connectivity index (χ0n) is 14.5. The van der Waals surface area contributed by atoms with Crippen LogP contribution in [0.15, 0.2) is 17.1 Å². The molecule has 12 nitrogen and oxygen atoms in total. The first-order chi connectivity index (χ1) is 12.4. The van der Waals surface area contributed by atoms with E-state index in [2.05, 4.69) is 9.97 Å². The molecule has 0 bridgehead atoms. The Morgan fingerprint density at radius 3 is 2.70 bits per heavy atom. The summed E-state index contributed by atoms with van der Waals surface area (Å²) >= 11 is 0. The number of ether oxygens (including phenoxy) is 1. The average molecular weight is 404 g/mol. The number of hydrogen-bond acceptors (Lipinski definition) is 8. The summed E-state index contributed by atoms with van der Waals surface area (Å²) in [5.74, 6) is -0.117. The smallest absolute Gasteiger partial charge is 0.388 e. The average Bonchev–Trinajstić information content (AvgIpc) is 3.01. The van der Waals surface area contributed by atoms with E-state index in [-0.39, 0.29) is 23.4 Å². The molecule has 3 rings (SSSR count). The largest absolute Gasteiger partial charge is 0.470 e. The molecule has 0 unspecified atom stereocenters. The molecule has 0 aromatic carbocycles. The summed E-state index contributed by atoms with van der Waals surface area (Å²) in [6, 6.07) is 1.47. The predicted octanol–water partition coefficient (Wildman–Crippen LogP) is -0.796. The third-order valence-corrected chi connectivity index (χ3v) is 5.00. The summed E-state index contributed by atoms with van der Waals surface area (Å²) in [6.45, 7) is 2.85. The maximum atomic E-state index is 11.9. The molecular weight excluding hydrogens is 383 g/mol. The fourth-order valence-electron chi connectivity index (χ4n) is 3.24. The Bertz CT molecular complexity index is 950. The molecule has 27 heavy (non-hydrogen) atoms. The zero-order valence-corrected chi connectivity index (χ0v) is 15.4. The molecule has 13 heteroatoms. The van der Waals surface area contributed by atoms with Crippen LogP contribution in [0, 0.1) is 0 Å². The molecular formula is C14H21N4O8P. The van der Waals surface area contributed by atoms with Crippen LogP contribution >= 0.6 is 7.82 Å². The maximum Gasteiger partial charge on any atom is 0.470 e. The molecule has 2 aromatic rings. The van der Waals surface area contributed by atoms with Gasteiger partial charge in [-0.15, -0.1) is 0 Å². The number of phosphoric ester groups is 1. The van der Waals surface area contributed by atoms with Crippen LogP contribution in [0.4, 0.5) is 5.95 Å². The summed E-state index contributed by atoms with van der Waals surface area (Å²) in [6.07, 6.45) is -3.44. The predicted molar refractivity (Wildman–Crippen MR) is 92.5 cm³/mol. The quantitative estimate of drug-likeness (QED) is 0.344. The number of nitrogens with zero attached hydrogens (tertiary/aromatic N) is 2. The van der Waals surface area contributed by atoms with Crippen LogP contribution in [0.2, 0.25) is 0 Å². The molecule has 2 aromatic heterocycles. The Labute approximate surface area is 152 Å². The Morgan fingerprint density at radius 1 is 1.41 bits per heavy atom. The normalized spacial score (nSPS) is 26.7. The molecule has 0 spiro atoms. The number of rotatable bonds is 5. The number of aromatic nitrogens is 3. The van der Waals surface area contributed by atoms with Crippen molar-refractivity contribution in [2.75, 3.05) is 5.73 Å². The van der Waals surface area contributed by atoms with Gasteiger partial charge in [0.2, 0.25) is 5.95 Å². The van der Waals surface area contributed by atoms with Crippen molar-refractivity contribution < 1.29 is 33.8 Å². The van der Waals surface area contributed by atoms with Crippen molar-refractivity contribution in [3.05, 3.63) is 22.6 Å². The molecule has 1 fully saturated rings. The highest BCUT2D eigenvalue weighted by molar-refractivity contribution is 7.46. The highest BCUT2D eigenvalue weighted by atomic mass is 31.2. The highest BCUT2D eigenvalue weighted by Crippen LogP contribution is 2.44. The fraction of sp³-hybridized carbons (Fsp3) is 0.571. The number of H-pyrrole nitrogens is 1. The van der Waals surface area contributed by atoms with Crippen LogP contribution in [0.3, 0.4) is 0 Å². The minimum Gasteiger partial charge on any atom is -0.388 e. The van der Waals surface area contributed by atoms with E-state index in [4.69, 9.17) is 24.8 Å². The standard InChI is InChI=1S/C14H21N4O8P/c1-14(2,26-27(22,23)24)5-7-8(19)9(20)12(25-7)18-4-3-6-10(18)16-13(15)17-11(6)21/h3-4,7-9,12,19-20H,5H2,1-2H3,(H2,22,23,24)(H3,15,16,17,21)/t7-,8-,9-,12-/m1/s1. The minimum atomic E-state index is -4.75. The van der Waals surface area contributed by atoms with Crippen LogP contribution in [0.1, 0.15) is 26.5 Å². The Kier molecular flexibility index (Phi) is 4.93. The number of aliphatic hydroxyl groups is 2. The summed E-state index contributed by atoms with van der Waals surface area (Å²) in [5, 5.41) is 20.9. The number of nitrogens with one attached hydrogen (secondary N) is 1. The van der Waals surface area contributed by atoms with Gasteiger partial charge in [0.25, 0.3) is 5.56 Å². The highest BCUT2D eigenvalue weighted by Gasteiger charge is 2.47. The zero-order chi connectivity index (χ0) is 20.1. The van der Waals surface area contributed by atoms with Crippen LogP contribution in [0.25, 0.3) is 11.0 Å². The molecule has 150 valence electrons. The van der Waals surface area contributed by atoms with Gasteiger partial charge in [0.1, 0.15) is 12.2 Å². The fourth-order valence-corrected chi connectivity index (χ4v) is 3.96. The number of nitrogens with two attached hydrogens (primary N) is 1.